The smallest absolute Gasteiger partial charge is 0.307 e. The van der Waals surface area contributed by atoms with Crippen LogP contribution in [0, 0.1) is 0 Å². The molecule has 116 valence electrons. The molecule has 20 heavy (non-hydrogen) atoms. The standard InChI is InChI=1S/C14H24O4S2/c1-9(19)7-13(15)17-11-3-5-12(6-4-11)18-14(16)8-10(2)20/h9-12,19-20H,3-8H2,1-2H3. The molecule has 0 N–H and O–H groups in total. The lowest BCUT2D eigenvalue weighted by molar-refractivity contribution is -0.158. The molecule has 1 aliphatic carbocycles. The predicted octanol–water partition coefficient (Wildman–Crippen LogP) is 2.80. The molecule has 1 fully saturated rings. The van der Waals surface area contributed by atoms with E-state index in [4.69, 9.17) is 9.47 Å². The predicted molar refractivity (Wildman–Crippen MR) is 84.4 cm³/mol. The number of esters is 2. The van der Waals surface area contributed by atoms with Gasteiger partial charge in [-0.2, -0.15) is 25.3 Å². The van der Waals surface area contributed by atoms with E-state index < -0.39 is 0 Å². The highest BCUT2D eigenvalue weighted by Gasteiger charge is 2.26. The molecule has 0 aromatic heterocycles. The number of ether oxygens (including phenoxy) is 2. The van der Waals surface area contributed by atoms with Crippen molar-refractivity contribution in [2.45, 2.75) is 75.1 Å². The summed E-state index contributed by atoms with van der Waals surface area (Å²) in [4.78, 5) is 23.1. The summed E-state index contributed by atoms with van der Waals surface area (Å²) in [6, 6.07) is 0. The Morgan fingerprint density at radius 3 is 1.45 bits per heavy atom. The van der Waals surface area contributed by atoms with Crippen LogP contribution in [-0.2, 0) is 19.1 Å². The van der Waals surface area contributed by atoms with Gasteiger partial charge >= 0.3 is 11.9 Å². The van der Waals surface area contributed by atoms with E-state index in [1.54, 1.807) is 0 Å². The van der Waals surface area contributed by atoms with E-state index in [0.717, 1.165) is 25.7 Å². The lowest BCUT2D eigenvalue weighted by Crippen LogP contribution is -2.30. The Morgan fingerprint density at radius 2 is 1.20 bits per heavy atom. The van der Waals surface area contributed by atoms with Crippen LogP contribution in [0.4, 0.5) is 0 Å². The number of thiol groups is 2. The quantitative estimate of drug-likeness (QED) is 0.584. The van der Waals surface area contributed by atoms with Crippen molar-refractivity contribution in [1.29, 1.82) is 0 Å². The third-order valence-corrected chi connectivity index (χ3v) is 3.51. The maximum Gasteiger partial charge on any atom is 0.307 e. The first kappa shape index (κ1) is 17.7. The molecule has 1 aliphatic rings. The van der Waals surface area contributed by atoms with Crippen LogP contribution >= 0.6 is 25.3 Å². The maximum atomic E-state index is 11.5. The molecule has 0 aromatic carbocycles. The van der Waals surface area contributed by atoms with Gasteiger partial charge in [-0.1, -0.05) is 13.8 Å². The van der Waals surface area contributed by atoms with Gasteiger partial charge in [0, 0.05) is 10.5 Å². The second-order valence-corrected chi connectivity index (χ2v) is 7.25. The Hall–Kier alpha value is -0.360. The van der Waals surface area contributed by atoms with E-state index in [1.807, 2.05) is 13.8 Å². The molecule has 0 aromatic rings. The summed E-state index contributed by atoms with van der Waals surface area (Å²) in [7, 11) is 0. The average molecular weight is 320 g/mol. The van der Waals surface area contributed by atoms with Crippen LogP contribution < -0.4 is 0 Å². The zero-order chi connectivity index (χ0) is 15.1. The van der Waals surface area contributed by atoms with Crippen molar-refractivity contribution in [3.63, 3.8) is 0 Å². The van der Waals surface area contributed by atoms with Crippen LogP contribution in [0.2, 0.25) is 0 Å². The summed E-state index contributed by atoms with van der Waals surface area (Å²) in [5, 5.41) is 0.0334. The van der Waals surface area contributed by atoms with Gasteiger partial charge in [-0.15, -0.1) is 0 Å². The first-order chi connectivity index (χ1) is 9.36. The van der Waals surface area contributed by atoms with E-state index in [2.05, 4.69) is 25.3 Å². The second-order valence-electron chi connectivity index (χ2n) is 5.48. The molecule has 2 atom stereocenters. The van der Waals surface area contributed by atoms with Crippen molar-refractivity contribution in [1.82, 2.24) is 0 Å². The molecule has 0 radical (unpaired) electrons. The number of hydrogen-bond acceptors (Lipinski definition) is 6. The molecule has 0 heterocycles. The molecule has 2 unspecified atom stereocenters. The molecule has 0 aliphatic heterocycles. The summed E-state index contributed by atoms with van der Waals surface area (Å²) in [5.74, 6) is -0.395. The van der Waals surface area contributed by atoms with Crippen molar-refractivity contribution < 1.29 is 19.1 Å². The van der Waals surface area contributed by atoms with Gasteiger partial charge < -0.3 is 9.47 Å². The number of carbonyl (C=O) groups excluding carboxylic acids is 2. The van der Waals surface area contributed by atoms with Gasteiger partial charge in [0.05, 0.1) is 12.8 Å². The van der Waals surface area contributed by atoms with Crippen LogP contribution in [0.15, 0.2) is 0 Å². The number of rotatable bonds is 6. The molecule has 0 bridgehead atoms. The maximum absolute atomic E-state index is 11.5. The highest BCUT2D eigenvalue weighted by Crippen LogP contribution is 2.24. The van der Waals surface area contributed by atoms with Crippen LogP contribution in [0.5, 0.6) is 0 Å². The summed E-state index contributed by atoms with van der Waals surface area (Å²) < 4.78 is 10.8. The summed E-state index contributed by atoms with van der Waals surface area (Å²) in [6.45, 7) is 3.73. The Kier molecular flexibility index (Phi) is 7.80. The molecule has 0 saturated heterocycles. The molecule has 1 rings (SSSR count). The zero-order valence-corrected chi connectivity index (χ0v) is 13.9. The fourth-order valence-electron chi connectivity index (χ4n) is 2.22. The molecular weight excluding hydrogens is 296 g/mol. The first-order valence-corrected chi connectivity index (χ1v) is 8.15. The van der Waals surface area contributed by atoms with Crippen molar-refractivity contribution >= 4 is 37.2 Å². The van der Waals surface area contributed by atoms with E-state index in [9.17, 15) is 9.59 Å². The van der Waals surface area contributed by atoms with Crippen LogP contribution in [0.3, 0.4) is 0 Å². The van der Waals surface area contributed by atoms with Gasteiger partial charge in [-0.3, -0.25) is 9.59 Å². The largest absolute Gasteiger partial charge is 0.462 e. The molecule has 1 saturated carbocycles. The Morgan fingerprint density at radius 1 is 0.900 bits per heavy atom. The molecule has 0 amide bonds. The first-order valence-electron chi connectivity index (χ1n) is 7.12. The molecule has 6 heteroatoms. The average Bonchev–Trinajstić information content (AvgIpc) is 2.29. The molecular formula is C14H24O4S2. The molecule has 4 nitrogen and oxygen atoms in total. The third kappa shape index (κ3) is 7.43. The summed E-state index contributed by atoms with van der Waals surface area (Å²) in [5.41, 5.74) is 0. The monoisotopic (exact) mass is 320 g/mol. The lowest BCUT2D eigenvalue weighted by Gasteiger charge is -2.28. The lowest BCUT2D eigenvalue weighted by atomic mass is 9.95. The topological polar surface area (TPSA) is 52.6 Å². The number of carbonyl (C=O) groups is 2. The van der Waals surface area contributed by atoms with E-state index in [-0.39, 0.29) is 34.6 Å². The van der Waals surface area contributed by atoms with Gasteiger partial charge in [-0.05, 0) is 25.7 Å². The summed E-state index contributed by atoms with van der Waals surface area (Å²) >= 11 is 8.34. The Bertz CT molecular complexity index is 291. The second kappa shape index (κ2) is 8.82. The van der Waals surface area contributed by atoms with Crippen molar-refractivity contribution in [2.24, 2.45) is 0 Å². The molecule has 0 spiro atoms. The van der Waals surface area contributed by atoms with Gasteiger partial charge in [0.25, 0.3) is 0 Å². The minimum Gasteiger partial charge on any atom is -0.462 e. The van der Waals surface area contributed by atoms with Crippen LogP contribution in [-0.4, -0.2) is 34.6 Å². The number of hydrogen-bond donors (Lipinski definition) is 2. The normalized spacial score (nSPS) is 25.6. The van der Waals surface area contributed by atoms with Gasteiger partial charge in [-0.25, -0.2) is 0 Å². The highest BCUT2D eigenvalue weighted by molar-refractivity contribution is 7.81. The summed E-state index contributed by atoms with van der Waals surface area (Å²) in [6.07, 6.45) is 3.57. The van der Waals surface area contributed by atoms with Crippen LogP contribution in [0.1, 0.15) is 52.4 Å². The fourth-order valence-corrected chi connectivity index (χ4v) is 2.52. The van der Waals surface area contributed by atoms with E-state index in [0.29, 0.717) is 12.8 Å². The van der Waals surface area contributed by atoms with Crippen LogP contribution in [0.25, 0.3) is 0 Å². The van der Waals surface area contributed by atoms with Gasteiger partial charge in [0.1, 0.15) is 12.2 Å². The van der Waals surface area contributed by atoms with E-state index in [1.165, 1.54) is 0 Å². The SMILES string of the molecule is CC(S)CC(=O)OC1CCC(OC(=O)CC(C)S)CC1. The zero-order valence-electron chi connectivity index (χ0n) is 12.1. The van der Waals surface area contributed by atoms with Gasteiger partial charge in [0.2, 0.25) is 0 Å². The van der Waals surface area contributed by atoms with Crippen molar-refractivity contribution in [3.05, 3.63) is 0 Å². The van der Waals surface area contributed by atoms with E-state index >= 15 is 0 Å². The minimum atomic E-state index is -0.197. The highest BCUT2D eigenvalue weighted by atomic mass is 32.1. The third-order valence-electron chi connectivity index (χ3n) is 3.14. The minimum absolute atomic E-state index is 0.0167. The Labute approximate surface area is 131 Å². The van der Waals surface area contributed by atoms with Gasteiger partial charge in [0.15, 0.2) is 0 Å². The van der Waals surface area contributed by atoms with Crippen molar-refractivity contribution in [2.75, 3.05) is 0 Å². The fraction of sp³-hybridized carbons (Fsp3) is 0.857. The Balaban J connectivity index is 2.23. The van der Waals surface area contributed by atoms with Crippen molar-refractivity contribution in [3.8, 4) is 0 Å².